The summed E-state index contributed by atoms with van der Waals surface area (Å²) < 4.78 is 11.6. The second kappa shape index (κ2) is 8.04. The second-order valence-corrected chi connectivity index (χ2v) is 6.23. The Kier molecular flexibility index (Phi) is 5.14. The van der Waals surface area contributed by atoms with Crippen molar-refractivity contribution in [1.29, 1.82) is 0 Å². The molecule has 1 aliphatic heterocycles. The van der Waals surface area contributed by atoms with Gasteiger partial charge in [0.1, 0.15) is 24.7 Å². The third-order valence-corrected chi connectivity index (χ3v) is 4.32. The minimum absolute atomic E-state index is 0.0249. The van der Waals surface area contributed by atoms with Crippen LogP contribution in [-0.4, -0.2) is 6.61 Å². The Morgan fingerprint density at radius 1 is 0.846 bits per heavy atom. The van der Waals surface area contributed by atoms with E-state index >= 15 is 0 Å². The fraction of sp³-hybridized carbons (Fsp3) is 0.182. The van der Waals surface area contributed by atoms with E-state index in [4.69, 9.17) is 14.3 Å². The van der Waals surface area contributed by atoms with Crippen molar-refractivity contribution >= 4 is 0 Å². The SMILES string of the molecule is c1ccc(CON[C@@H]2COc3cc(OCc4ccccc4)ccc32)cc1. The molecule has 0 radical (unpaired) electrons. The third-order valence-electron chi connectivity index (χ3n) is 4.32. The Balaban J connectivity index is 1.32. The van der Waals surface area contributed by atoms with Gasteiger partial charge < -0.3 is 9.47 Å². The first-order valence-electron chi connectivity index (χ1n) is 8.73. The second-order valence-electron chi connectivity index (χ2n) is 6.23. The summed E-state index contributed by atoms with van der Waals surface area (Å²) in [6.45, 7) is 1.61. The quantitative estimate of drug-likeness (QED) is 0.642. The van der Waals surface area contributed by atoms with Gasteiger partial charge in [-0.05, 0) is 23.3 Å². The molecule has 0 amide bonds. The van der Waals surface area contributed by atoms with Crippen molar-refractivity contribution in [2.45, 2.75) is 19.3 Å². The number of hydrogen-bond donors (Lipinski definition) is 1. The van der Waals surface area contributed by atoms with Gasteiger partial charge in [0.15, 0.2) is 0 Å². The van der Waals surface area contributed by atoms with Crippen LogP contribution in [0.1, 0.15) is 22.7 Å². The average Bonchev–Trinajstić information content (AvgIpc) is 3.10. The van der Waals surface area contributed by atoms with Crippen LogP contribution < -0.4 is 15.0 Å². The fourth-order valence-corrected chi connectivity index (χ4v) is 2.92. The summed E-state index contributed by atoms with van der Waals surface area (Å²) >= 11 is 0. The first-order chi connectivity index (χ1) is 12.9. The molecule has 0 saturated heterocycles. The van der Waals surface area contributed by atoms with Crippen molar-refractivity contribution in [3.63, 3.8) is 0 Å². The maximum absolute atomic E-state index is 5.86. The van der Waals surface area contributed by atoms with Gasteiger partial charge in [-0.1, -0.05) is 60.7 Å². The Labute approximate surface area is 153 Å². The van der Waals surface area contributed by atoms with Gasteiger partial charge in [0.2, 0.25) is 0 Å². The molecule has 4 nitrogen and oxygen atoms in total. The fourth-order valence-electron chi connectivity index (χ4n) is 2.92. The van der Waals surface area contributed by atoms with E-state index in [1.165, 1.54) is 0 Å². The molecular weight excluding hydrogens is 326 g/mol. The molecule has 1 N–H and O–H groups in total. The zero-order chi connectivity index (χ0) is 17.6. The van der Waals surface area contributed by atoms with E-state index in [1.807, 2.05) is 78.9 Å². The molecule has 0 spiro atoms. The minimum atomic E-state index is 0.0249. The Bertz CT molecular complexity index is 837. The van der Waals surface area contributed by atoms with E-state index in [-0.39, 0.29) is 6.04 Å². The van der Waals surface area contributed by atoms with Crippen LogP contribution in [0, 0.1) is 0 Å². The van der Waals surface area contributed by atoms with Crippen molar-refractivity contribution in [2.75, 3.05) is 6.61 Å². The molecule has 0 unspecified atom stereocenters. The van der Waals surface area contributed by atoms with Crippen LogP contribution in [0.3, 0.4) is 0 Å². The van der Waals surface area contributed by atoms with Gasteiger partial charge in [-0.15, -0.1) is 0 Å². The van der Waals surface area contributed by atoms with E-state index in [0.29, 0.717) is 19.8 Å². The van der Waals surface area contributed by atoms with Crippen molar-refractivity contribution in [2.24, 2.45) is 0 Å². The number of ether oxygens (including phenoxy) is 2. The topological polar surface area (TPSA) is 39.7 Å². The maximum Gasteiger partial charge on any atom is 0.128 e. The summed E-state index contributed by atoms with van der Waals surface area (Å²) in [6.07, 6.45) is 0. The summed E-state index contributed by atoms with van der Waals surface area (Å²) in [5.74, 6) is 1.65. The molecule has 3 aromatic carbocycles. The van der Waals surface area contributed by atoms with Gasteiger partial charge >= 0.3 is 0 Å². The highest BCUT2D eigenvalue weighted by Crippen LogP contribution is 2.35. The molecule has 132 valence electrons. The predicted octanol–water partition coefficient (Wildman–Crippen LogP) is 4.42. The summed E-state index contributed by atoms with van der Waals surface area (Å²) in [7, 11) is 0. The van der Waals surface area contributed by atoms with E-state index in [2.05, 4.69) is 5.48 Å². The molecule has 0 aromatic heterocycles. The standard InChI is InChI=1S/C22H21NO3/c1-3-7-17(8-4-1)14-24-19-11-12-20-21(16-25-22(20)13-19)23-26-15-18-9-5-2-6-10-18/h1-13,21,23H,14-16H2/t21-/m1/s1. The number of hydroxylamine groups is 1. The molecule has 26 heavy (non-hydrogen) atoms. The highest BCUT2D eigenvalue weighted by Gasteiger charge is 2.24. The van der Waals surface area contributed by atoms with Crippen LogP contribution in [0.2, 0.25) is 0 Å². The lowest BCUT2D eigenvalue weighted by Crippen LogP contribution is -2.22. The zero-order valence-electron chi connectivity index (χ0n) is 14.4. The number of rotatable bonds is 7. The minimum Gasteiger partial charge on any atom is -0.491 e. The lowest BCUT2D eigenvalue weighted by atomic mass is 10.1. The van der Waals surface area contributed by atoms with E-state index in [1.54, 1.807) is 0 Å². The van der Waals surface area contributed by atoms with E-state index < -0.39 is 0 Å². The number of benzene rings is 3. The zero-order valence-corrected chi connectivity index (χ0v) is 14.4. The first-order valence-corrected chi connectivity index (χ1v) is 8.73. The highest BCUT2D eigenvalue weighted by molar-refractivity contribution is 5.45. The van der Waals surface area contributed by atoms with Crippen molar-refractivity contribution in [1.82, 2.24) is 5.48 Å². The van der Waals surface area contributed by atoms with Gasteiger partial charge in [-0.2, -0.15) is 5.48 Å². The largest absolute Gasteiger partial charge is 0.491 e. The molecule has 0 fully saturated rings. The van der Waals surface area contributed by atoms with Gasteiger partial charge in [0, 0.05) is 11.6 Å². The molecule has 3 aromatic rings. The Morgan fingerprint density at radius 3 is 2.27 bits per heavy atom. The maximum atomic E-state index is 5.86. The molecule has 0 saturated carbocycles. The van der Waals surface area contributed by atoms with Gasteiger partial charge in [-0.3, -0.25) is 4.84 Å². The van der Waals surface area contributed by atoms with Crippen molar-refractivity contribution < 1.29 is 14.3 Å². The van der Waals surface area contributed by atoms with Crippen LogP contribution in [-0.2, 0) is 18.1 Å². The summed E-state index contributed by atoms with van der Waals surface area (Å²) in [5.41, 5.74) is 6.46. The van der Waals surface area contributed by atoms with Crippen LogP contribution >= 0.6 is 0 Å². The molecule has 4 rings (SSSR count). The number of hydrogen-bond acceptors (Lipinski definition) is 4. The predicted molar refractivity (Wildman–Crippen MR) is 99.8 cm³/mol. The normalized spacial score (nSPS) is 15.3. The lowest BCUT2D eigenvalue weighted by Gasteiger charge is -2.12. The molecule has 1 heterocycles. The molecule has 0 aliphatic carbocycles. The summed E-state index contributed by atoms with van der Waals surface area (Å²) in [5, 5.41) is 0. The van der Waals surface area contributed by atoms with E-state index in [0.717, 1.165) is 28.2 Å². The molecular formula is C22H21NO3. The van der Waals surface area contributed by atoms with Crippen LogP contribution in [0.4, 0.5) is 0 Å². The molecule has 1 atom stereocenters. The van der Waals surface area contributed by atoms with Crippen LogP contribution in [0.15, 0.2) is 78.9 Å². The van der Waals surface area contributed by atoms with Gasteiger partial charge in [-0.25, -0.2) is 0 Å². The smallest absolute Gasteiger partial charge is 0.128 e. The van der Waals surface area contributed by atoms with Gasteiger partial charge in [0.05, 0.1) is 12.6 Å². The Hall–Kier alpha value is -2.82. The summed E-state index contributed by atoms with van der Waals surface area (Å²) in [6, 6.07) is 26.2. The summed E-state index contributed by atoms with van der Waals surface area (Å²) in [4.78, 5) is 5.63. The number of nitrogens with one attached hydrogen (secondary N) is 1. The monoisotopic (exact) mass is 347 g/mol. The third kappa shape index (κ3) is 4.04. The van der Waals surface area contributed by atoms with Gasteiger partial charge in [0.25, 0.3) is 0 Å². The Morgan fingerprint density at radius 2 is 1.54 bits per heavy atom. The molecule has 0 bridgehead atoms. The highest BCUT2D eigenvalue weighted by atomic mass is 16.6. The van der Waals surface area contributed by atoms with Crippen molar-refractivity contribution in [3.8, 4) is 11.5 Å². The molecule has 4 heteroatoms. The average molecular weight is 347 g/mol. The first kappa shape index (κ1) is 16.6. The lowest BCUT2D eigenvalue weighted by molar-refractivity contribution is -0.00105. The van der Waals surface area contributed by atoms with E-state index in [9.17, 15) is 0 Å². The van der Waals surface area contributed by atoms with Crippen LogP contribution in [0.25, 0.3) is 0 Å². The van der Waals surface area contributed by atoms with Crippen LogP contribution in [0.5, 0.6) is 11.5 Å². The number of fused-ring (bicyclic) bond motifs is 1. The molecule has 1 aliphatic rings. The van der Waals surface area contributed by atoms with Crippen molar-refractivity contribution in [3.05, 3.63) is 95.6 Å².